The van der Waals surface area contributed by atoms with Gasteiger partial charge < -0.3 is 9.80 Å². The second-order valence-corrected chi connectivity index (χ2v) is 24.2. The molecule has 0 atom stereocenters. The Morgan fingerprint density at radius 3 is 0.656 bits per heavy atom. The molecule has 12 rings (SSSR count). The molecule has 2 nitrogen and oxygen atoms in total. The summed E-state index contributed by atoms with van der Waals surface area (Å²) >= 11 is 0. The molecule has 2 aliphatic rings. The molecule has 0 bridgehead atoms. The molecule has 4 heteroatoms. The van der Waals surface area contributed by atoms with E-state index in [4.69, 9.17) is 0 Å². The standard InChI is InChI=1S/C60H44N2Si2/c1-5-25-45(26-6-1)63(46-27-7-2-8-28-46)57-41-21-17-37-53(57)61(54-38-18-22-42-58(54)63)51-35-15-13-33-49(51)50-34-14-16-36-52(50)62-55-39-19-23-43-59(55)64(47-29-9-3-10-30-47,48-31-11-4-12-32-48)60-44-24-20-40-56(60)62/h1-44H. The van der Waals surface area contributed by atoms with E-state index in [0.717, 1.165) is 11.4 Å². The molecule has 0 spiro atoms. The van der Waals surface area contributed by atoms with Crippen molar-refractivity contribution in [1.82, 2.24) is 0 Å². The van der Waals surface area contributed by atoms with Crippen molar-refractivity contribution in [3.63, 3.8) is 0 Å². The number of fused-ring (bicyclic) bond motifs is 4. The number of benzene rings is 10. The minimum Gasteiger partial charge on any atom is -0.310 e. The molecular weight excluding hydrogens is 805 g/mol. The first-order valence-corrected chi connectivity index (χ1v) is 26.2. The van der Waals surface area contributed by atoms with Crippen molar-refractivity contribution in [3.8, 4) is 11.1 Å². The smallest absolute Gasteiger partial charge is 0.184 e. The molecular formula is C60H44N2Si2. The van der Waals surface area contributed by atoms with E-state index in [0.29, 0.717) is 0 Å². The van der Waals surface area contributed by atoms with Crippen LogP contribution in [0.4, 0.5) is 34.1 Å². The molecule has 2 heterocycles. The summed E-state index contributed by atoms with van der Waals surface area (Å²) in [4.78, 5) is 5.10. The van der Waals surface area contributed by atoms with Gasteiger partial charge in [0.2, 0.25) is 0 Å². The van der Waals surface area contributed by atoms with E-state index in [-0.39, 0.29) is 0 Å². The summed E-state index contributed by atoms with van der Waals surface area (Å²) in [5, 5.41) is 11.1. The van der Waals surface area contributed by atoms with Crippen molar-refractivity contribution < 1.29 is 0 Å². The van der Waals surface area contributed by atoms with Crippen LogP contribution in [0.3, 0.4) is 0 Å². The quantitative estimate of drug-likeness (QED) is 0.148. The van der Waals surface area contributed by atoms with E-state index in [9.17, 15) is 0 Å². The molecule has 0 unspecified atom stereocenters. The number of rotatable bonds is 7. The third-order valence-electron chi connectivity index (χ3n) is 13.6. The van der Waals surface area contributed by atoms with Crippen LogP contribution in [0.25, 0.3) is 11.1 Å². The Labute approximate surface area is 377 Å². The summed E-state index contributed by atoms with van der Waals surface area (Å²) in [5.74, 6) is 0. The highest BCUT2D eigenvalue weighted by Gasteiger charge is 2.50. The predicted molar refractivity (Wildman–Crippen MR) is 276 cm³/mol. The average Bonchev–Trinajstić information content (AvgIpc) is 3.38. The van der Waals surface area contributed by atoms with Gasteiger partial charge in [0.1, 0.15) is 0 Å². The summed E-state index contributed by atoms with van der Waals surface area (Å²) in [6, 6.07) is 99.9. The maximum atomic E-state index is 2.55. The molecule has 0 saturated carbocycles. The van der Waals surface area contributed by atoms with Crippen LogP contribution in [-0.4, -0.2) is 16.1 Å². The summed E-state index contributed by atoms with van der Waals surface area (Å²) in [6.45, 7) is 0. The van der Waals surface area contributed by atoms with E-state index in [2.05, 4.69) is 277 Å². The van der Waals surface area contributed by atoms with Crippen molar-refractivity contribution in [3.05, 3.63) is 267 Å². The summed E-state index contributed by atoms with van der Waals surface area (Å²) < 4.78 is 0. The highest BCUT2D eigenvalue weighted by atomic mass is 28.3. The van der Waals surface area contributed by atoms with Gasteiger partial charge in [0.05, 0.1) is 11.4 Å². The van der Waals surface area contributed by atoms with E-state index in [1.807, 2.05) is 0 Å². The highest BCUT2D eigenvalue weighted by Crippen LogP contribution is 2.48. The topological polar surface area (TPSA) is 6.48 Å². The van der Waals surface area contributed by atoms with Crippen LogP contribution in [0.5, 0.6) is 0 Å². The maximum Gasteiger partial charge on any atom is 0.184 e. The third kappa shape index (κ3) is 5.56. The van der Waals surface area contributed by atoms with Crippen LogP contribution in [-0.2, 0) is 0 Å². The van der Waals surface area contributed by atoms with Gasteiger partial charge in [0, 0.05) is 33.9 Å². The van der Waals surface area contributed by atoms with Crippen molar-refractivity contribution in [2.24, 2.45) is 0 Å². The molecule has 0 aliphatic carbocycles. The van der Waals surface area contributed by atoms with Gasteiger partial charge in [-0.2, -0.15) is 0 Å². The van der Waals surface area contributed by atoms with Crippen LogP contribution in [0.2, 0.25) is 0 Å². The molecule has 302 valence electrons. The first-order valence-electron chi connectivity index (χ1n) is 22.2. The fourth-order valence-electron chi connectivity index (χ4n) is 11.1. The van der Waals surface area contributed by atoms with Crippen LogP contribution < -0.4 is 51.3 Å². The highest BCUT2D eigenvalue weighted by molar-refractivity contribution is 7.22. The van der Waals surface area contributed by atoms with E-state index in [1.165, 1.54) is 75.4 Å². The number of anilines is 6. The second kappa shape index (κ2) is 15.5. The average molecular weight is 849 g/mol. The lowest BCUT2D eigenvalue weighted by atomic mass is 9.98. The van der Waals surface area contributed by atoms with Gasteiger partial charge in [0.15, 0.2) is 16.1 Å². The van der Waals surface area contributed by atoms with Gasteiger partial charge in [-0.3, -0.25) is 0 Å². The molecule has 64 heavy (non-hydrogen) atoms. The monoisotopic (exact) mass is 848 g/mol. The van der Waals surface area contributed by atoms with Gasteiger partial charge in [-0.1, -0.05) is 231 Å². The minimum atomic E-state index is -2.78. The normalized spacial score (nSPS) is 14.1. The zero-order valence-electron chi connectivity index (χ0n) is 35.3. The summed E-state index contributed by atoms with van der Waals surface area (Å²) in [7, 11) is -5.56. The Kier molecular flexibility index (Phi) is 9.22. The van der Waals surface area contributed by atoms with Crippen LogP contribution >= 0.6 is 0 Å². The number of hydrogen-bond donors (Lipinski definition) is 0. The van der Waals surface area contributed by atoms with Crippen molar-refractivity contribution in [2.75, 3.05) is 9.80 Å². The predicted octanol–water partition coefficient (Wildman–Crippen LogP) is 9.67. The summed E-state index contributed by atoms with van der Waals surface area (Å²) in [5.41, 5.74) is 9.53. The first kappa shape index (κ1) is 38.0. The Balaban J connectivity index is 1.10. The van der Waals surface area contributed by atoms with Crippen molar-refractivity contribution in [2.45, 2.75) is 0 Å². The number of nitrogens with zero attached hydrogens (tertiary/aromatic N) is 2. The van der Waals surface area contributed by atoms with Crippen LogP contribution in [0.1, 0.15) is 0 Å². The molecule has 0 saturated heterocycles. The van der Waals surface area contributed by atoms with E-state index in [1.54, 1.807) is 0 Å². The van der Waals surface area contributed by atoms with Gasteiger partial charge in [-0.15, -0.1) is 0 Å². The van der Waals surface area contributed by atoms with Crippen LogP contribution in [0.15, 0.2) is 267 Å². The van der Waals surface area contributed by atoms with Gasteiger partial charge in [-0.25, -0.2) is 0 Å². The van der Waals surface area contributed by atoms with Gasteiger partial charge in [-0.05, 0) is 77.9 Å². The molecule has 2 aliphatic heterocycles. The fraction of sp³-hybridized carbons (Fsp3) is 0. The maximum absolute atomic E-state index is 2.78. The Bertz CT molecular complexity index is 2900. The fourth-order valence-corrected chi connectivity index (χ4v) is 21.3. The Morgan fingerprint density at radius 2 is 0.391 bits per heavy atom. The third-order valence-corrected chi connectivity index (χ3v) is 23.3. The van der Waals surface area contributed by atoms with Crippen molar-refractivity contribution in [1.29, 1.82) is 0 Å². The first-order chi connectivity index (χ1) is 31.8. The Morgan fingerprint density at radius 1 is 0.188 bits per heavy atom. The molecule has 0 N–H and O–H groups in total. The second-order valence-electron chi connectivity index (χ2n) is 16.7. The van der Waals surface area contributed by atoms with E-state index < -0.39 is 16.1 Å². The SMILES string of the molecule is c1ccc([Si]2(c3ccccc3)c3ccccc3N(c3ccccc3-c3ccccc3N3c4ccccc4[Si](c4ccccc4)(c4ccccc4)c4ccccc43)c3ccccc32)cc1. The number of hydrogen-bond acceptors (Lipinski definition) is 2. The van der Waals surface area contributed by atoms with Crippen LogP contribution in [0, 0.1) is 0 Å². The zero-order chi connectivity index (χ0) is 42.5. The largest absolute Gasteiger partial charge is 0.310 e. The summed E-state index contributed by atoms with van der Waals surface area (Å²) in [6.07, 6.45) is 0. The van der Waals surface area contributed by atoms with Gasteiger partial charge >= 0.3 is 0 Å². The molecule has 0 fully saturated rings. The lowest BCUT2D eigenvalue weighted by molar-refractivity contribution is 1.27. The van der Waals surface area contributed by atoms with Gasteiger partial charge in [0.25, 0.3) is 0 Å². The molecule has 0 aromatic heterocycles. The molecule has 10 aromatic rings. The Hall–Kier alpha value is -7.77. The lowest BCUT2D eigenvalue weighted by Crippen LogP contribution is -2.77. The van der Waals surface area contributed by atoms with E-state index >= 15 is 0 Å². The molecule has 10 aromatic carbocycles. The minimum absolute atomic E-state index is 1.15. The molecule has 0 amide bonds. The van der Waals surface area contributed by atoms with Crippen molar-refractivity contribution >= 4 is 91.8 Å². The zero-order valence-corrected chi connectivity index (χ0v) is 37.3. The number of para-hydroxylation sites is 6. The lowest BCUT2D eigenvalue weighted by Gasteiger charge is -2.46. The molecule has 0 radical (unpaired) electrons.